The molecule has 19 heavy (non-hydrogen) atoms. The SMILES string of the molecule is CC1CCC(COc2ccc3c(c2)OC/C3=N\O)O1. The van der Waals surface area contributed by atoms with Gasteiger partial charge in [-0.15, -0.1) is 0 Å². The van der Waals surface area contributed by atoms with Gasteiger partial charge in [0.15, 0.2) is 0 Å². The smallest absolute Gasteiger partial charge is 0.134 e. The predicted molar refractivity (Wildman–Crippen MR) is 69.3 cm³/mol. The van der Waals surface area contributed by atoms with Gasteiger partial charge in [0.2, 0.25) is 0 Å². The third-order valence-corrected chi connectivity index (χ3v) is 3.50. The zero-order valence-electron chi connectivity index (χ0n) is 10.8. The van der Waals surface area contributed by atoms with Gasteiger partial charge in [0.1, 0.15) is 30.4 Å². The van der Waals surface area contributed by atoms with Crippen LogP contribution in [-0.4, -0.2) is 36.3 Å². The lowest BCUT2D eigenvalue weighted by Gasteiger charge is -2.13. The van der Waals surface area contributed by atoms with Crippen LogP contribution >= 0.6 is 0 Å². The Morgan fingerprint density at radius 3 is 3.05 bits per heavy atom. The quantitative estimate of drug-likeness (QED) is 0.671. The number of rotatable bonds is 3. The van der Waals surface area contributed by atoms with Crippen molar-refractivity contribution in [2.75, 3.05) is 13.2 Å². The Labute approximate surface area is 111 Å². The van der Waals surface area contributed by atoms with E-state index in [-0.39, 0.29) is 6.10 Å². The average molecular weight is 263 g/mol. The standard InChI is InChI=1S/C14H17NO4/c1-9-2-3-11(19-9)7-17-10-4-5-12-13(15-16)8-18-14(12)6-10/h4-6,9,11,16H,2-3,7-8H2,1H3/b15-13+. The molecule has 2 aliphatic heterocycles. The molecule has 5 nitrogen and oxygen atoms in total. The van der Waals surface area contributed by atoms with Gasteiger partial charge in [-0.05, 0) is 31.9 Å². The highest BCUT2D eigenvalue weighted by Gasteiger charge is 2.23. The van der Waals surface area contributed by atoms with Gasteiger partial charge in [-0.1, -0.05) is 5.16 Å². The van der Waals surface area contributed by atoms with Crippen LogP contribution in [0.2, 0.25) is 0 Å². The summed E-state index contributed by atoms with van der Waals surface area (Å²) in [4.78, 5) is 0. The number of fused-ring (bicyclic) bond motifs is 1. The Bertz CT molecular complexity index is 500. The van der Waals surface area contributed by atoms with Crippen LogP contribution in [0.3, 0.4) is 0 Å². The third kappa shape index (κ3) is 2.51. The van der Waals surface area contributed by atoms with Crippen molar-refractivity contribution in [1.82, 2.24) is 0 Å². The van der Waals surface area contributed by atoms with Crippen LogP contribution < -0.4 is 9.47 Å². The van der Waals surface area contributed by atoms with Gasteiger partial charge in [0, 0.05) is 11.6 Å². The minimum atomic E-state index is 0.179. The number of oxime groups is 1. The zero-order valence-corrected chi connectivity index (χ0v) is 10.8. The number of hydrogen-bond acceptors (Lipinski definition) is 5. The highest BCUT2D eigenvalue weighted by atomic mass is 16.5. The van der Waals surface area contributed by atoms with E-state index in [0.29, 0.717) is 30.8 Å². The maximum absolute atomic E-state index is 8.81. The van der Waals surface area contributed by atoms with E-state index in [9.17, 15) is 0 Å². The average Bonchev–Trinajstić information content (AvgIpc) is 3.01. The first-order chi connectivity index (χ1) is 9.26. The molecule has 1 aromatic rings. The second kappa shape index (κ2) is 5.09. The highest BCUT2D eigenvalue weighted by Crippen LogP contribution is 2.30. The van der Waals surface area contributed by atoms with E-state index in [2.05, 4.69) is 12.1 Å². The summed E-state index contributed by atoms with van der Waals surface area (Å²) in [6.45, 7) is 2.95. The fourth-order valence-corrected chi connectivity index (χ4v) is 2.45. The summed E-state index contributed by atoms with van der Waals surface area (Å²) in [6, 6.07) is 5.54. The molecular weight excluding hydrogens is 246 g/mol. The number of nitrogens with zero attached hydrogens (tertiary/aromatic N) is 1. The molecule has 0 bridgehead atoms. The Hall–Kier alpha value is -1.75. The van der Waals surface area contributed by atoms with Gasteiger partial charge in [0.25, 0.3) is 0 Å². The first-order valence-electron chi connectivity index (χ1n) is 6.52. The van der Waals surface area contributed by atoms with Crippen molar-refractivity contribution in [2.24, 2.45) is 5.16 Å². The lowest BCUT2D eigenvalue weighted by Crippen LogP contribution is -2.17. The summed E-state index contributed by atoms with van der Waals surface area (Å²) in [7, 11) is 0. The molecule has 3 rings (SSSR count). The van der Waals surface area contributed by atoms with Crippen LogP contribution in [-0.2, 0) is 4.74 Å². The first-order valence-corrected chi connectivity index (χ1v) is 6.52. The highest BCUT2D eigenvalue weighted by molar-refractivity contribution is 6.05. The summed E-state index contributed by atoms with van der Waals surface area (Å²) in [6.07, 6.45) is 2.65. The van der Waals surface area contributed by atoms with Crippen LogP contribution in [0.1, 0.15) is 25.3 Å². The van der Waals surface area contributed by atoms with Crippen molar-refractivity contribution in [3.63, 3.8) is 0 Å². The number of hydrogen-bond donors (Lipinski definition) is 1. The van der Waals surface area contributed by atoms with Crippen LogP contribution in [0.15, 0.2) is 23.4 Å². The van der Waals surface area contributed by atoms with Gasteiger partial charge in [-0.2, -0.15) is 0 Å². The van der Waals surface area contributed by atoms with Gasteiger partial charge < -0.3 is 19.4 Å². The lowest BCUT2D eigenvalue weighted by molar-refractivity contribution is 0.0264. The molecule has 2 heterocycles. The summed E-state index contributed by atoms with van der Waals surface area (Å²) in [5.41, 5.74) is 1.37. The van der Waals surface area contributed by atoms with Crippen molar-refractivity contribution < 1.29 is 19.4 Å². The second-order valence-corrected chi connectivity index (χ2v) is 4.95. The molecule has 1 saturated heterocycles. The van der Waals surface area contributed by atoms with Crippen LogP contribution in [0.4, 0.5) is 0 Å². The van der Waals surface area contributed by atoms with E-state index < -0.39 is 0 Å². The summed E-state index contributed by atoms with van der Waals surface area (Å²) in [5.74, 6) is 1.45. The maximum Gasteiger partial charge on any atom is 0.134 e. The van der Waals surface area contributed by atoms with E-state index in [1.165, 1.54) is 0 Å². The first kappa shape index (κ1) is 12.3. The van der Waals surface area contributed by atoms with E-state index >= 15 is 0 Å². The van der Waals surface area contributed by atoms with Crippen molar-refractivity contribution in [3.05, 3.63) is 23.8 Å². The van der Waals surface area contributed by atoms with Gasteiger partial charge in [0.05, 0.1) is 12.2 Å². The molecule has 1 fully saturated rings. The van der Waals surface area contributed by atoms with E-state index in [1.807, 2.05) is 18.2 Å². The second-order valence-electron chi connectivity index (χ2n) is 4.95. The lowest BCUT2D eigenvalue weighted by atomic mass is 10.1. The molecule has 0 saturated carbocycles. The molecule has 0 aromatic heterocycles. The van der Waals surface area contributed by atoms with Crippen molar-refractivity contribution in [3.8, 4) is 11.5 Å². The number of ether oxygens (including phenoxy) is 3. The molecule has 2 unspecified atom stereocenters. The molecule has 0 aliphatic carbocycles. The predicted octanol–water partition coefficient (Wildman–Crippen LogP) is 2.20. The molecule has 0 amide bonds. The van der Waals surface area contributed by atoms with Gasteiger partial charge in [-0.3, -0.25) is 0 Å². The summed E-state index contributed by atoms with van der Waals surface area (Å²) >= 11 is 0. The van der Waals surface area contributed by atoms with Crippen molar-refractivity contribution in [1.29, 1.82) is 0 Å². The topological polar surface area (TPSA) is 60.3 Å². The fourth-order valence-electron chi connectivity index (χ4n) is 2.45. The van der Waals surface area contributed by atoms with E-state index in [4.69, 9.17) is 19.4 Å². The maximum atomic E-state index is 8.81. The zero-order chi connectivity index (χ0) is 13.2. The summed E-state index contributed by atoms with van der Waals surface area (Å²) < 4.78 is 16.9. The largest absolute Gasteiger partial charge is 0.491 e. The van der Waals surface area contributed by atoms with Crippen LogP contribution in [0.25, 0.3) is 0 Å². The van der Waals surface area contributed by atoms with Crippen molar-refractivity contribution >= 4 is 5.71 Å². The molecule has 5 heteroatoms. The Morgan fingerprint density at radius 1 is 1.42 bits per heavy atom. The molecule has 0 radical (unpaired) electrons. The molecule has 0 spiro atoms. The van der Waals surface area contributed by atoms with Gasteiger partial charge >= 0.3 is 0 Å². The van der Waals surface area contributed by atoms with Crippen molar-refractivity contribution in [2.45, 2.75) is 32.0 Å². The van der Waals surface area contributed by atoms with E-state index in [1.54, 1.807) is 0 Å². The molecule has 1 N–H and O–H groups in total. The Morgan fingerprint density at radius 2 is 2.32 bits per heavy atom. The number of benzene rings is 1. The van der Waals surface area contributed by atoms with Crippen LogP contribution in [0, 0.1) is 0 Å². The molecule has 102 valence electrons. The van der Waals surface area contributed by atoms with Gasteiger partial charge in [-0.25, -0.2) is 0 Å². The van der Waals surface area contributed by atoms with Crippen LogP contribution in [0.5, 0.6) is 11.5 Å². The molecule has 1 aromatic carbocycles. The normalized spacial score (nSPS) is 27.3. The molecule has 2 aliphatic rings. The fraction of sp³-hybridized carbons (Fsp3) is 0.500. The Balaban J connectivity index is 1.64. The minimum Gasteiger partial charge on any atom is -0.491 e. The van der Waals surface area contributed by atoms with E-state index in [0.717, 1.165) is 24.2 Å². The Kier molecular flexibility index (Phi) is 3.29. The summed E-state index contributed by atoms with van der Waals surface area (Å²) in [5, 5.41) is 12.0. The minimum absolute atomic E-state index is 0.179. The molecule has 2 atom stereocenters. The monoisotopic (exact) mass is 263 g/mol. The molecular formula is C14H17NO4. The third-order valence-electron chi connectivity index (χ3n) is 3.50.